The Hall–Kier alpha value is -0.705. The summed E-state index contributed by atoms with van der Waals surface area (Å²) in [4.78, 5) is 0. The largest absolute Gasteiger partial charge is 0.427 e. The third-order valence-electron chi connectivity index (χ3n) is 2.91. The summed E-state index contributed by atoms with van der Waals surface area (Å²) in [6.07, 6.45) is 0. The van der Waals surface area contributed by atoms with E-state index >= 15 is 0 Å². The molecule has 0 atom stereocenters. The van der Waals surface area contributed by atoms with Crippen molar-refractivity contribution in [2.75, 3.05) is 5.73 Å². The second-order valence-corrected chi connectivity index (χ2v) is 5.56. The minimum Gasteiger partial charge on any atom is -0.427 e. The van der Waals surface area contributed by atoms with Crippen molar-refractivity contribution in [2.24, 2.45) is 0 Å². The molecule has 1 rings (SSSR count). The molecular formula is C12H18BClNO2. The molecule has 93 valence electrons. The van der Waals surface area contributed by atoms with Gasteiger partial charge in [-0.15, -0.1) is 0 Å². The second-order valence-electron chi connectivity index (χ2n) is 5.12. The highest BCUT2D eigenvalue weighted by Crippen LogP contribution is 2.24. The van der Waals surface area contributed by atoms with E-state index in [0.29, 0.717) is 10.7 Å². The van der Waals surface area contributed by atoms with E-state index in [0.717, 1.165) is 5.46 Å². The molecule has 3 nitrogen and oxygen atoms in total. The van der Waals surface area contributed by atoms with Crippen LogP contribution in [0.15, 0.2) is 18.2 Å². The topological polar surface area (TPSA) is 55.5 Å². The number of nitrogen functional groups attached to an aromatic ring is 1. The summed E-state index contributed by atoms with van der Waals surface area (Å²) in [6.45, 7) is 7.04. The van der Waals surface area contributed by atoms with Gasteiger partial charge in [-0.05, 0) is 45.9 Å². The molecule has 0 fully saturated rings. The van der Waals surface area contributed by atoms with Gasteiger partial charge >= 0.3 is 7.48 Å². The van der Waals surface area contributed by atoms with Crippen LogP contribution >= 0.6 is 11.6 Å². The van der Waals surface area contributed by atoms with Crippen molar-refractivity contribution in [3.05, 3.63) is 23.2 Å². The first kappa shape index (κ1) is 14.4. The highest BCUT2D eigenvalue weighted by Gasteiger charge is 2.35. The van der Waals surface area contributed by atoms with Crippen LogP contribution < -0.4 is 11.2 Å². The van der Waals surface area contributed by atoms with Crippen LogP contribution in [0.3, 0.4) is 0 Å². The molecule has 0 bridgehead atoms. The minimum atomic E-state index is -0.951. The minimum absolute atomic E-state index is 0.556. The number of halogens is 1. The fraction of sp³-hybridized carbons (Fsp3) is 0.500. The summed E-state index contributed by atoms with van der Waals surface area (Å²) in [7, 11) is 1.56. The van der Waals surface area contributed by atoms with Gasteiger partial charge in [-0.1, -0.05) is 17.1 Å². The Morgan fingerprint density at radius 1 is 1.24 bits per heavy atom. The van der Waals surface area contributed by atoms with Crippen LogP contribution in [-0.4, -0.2) is 23.8 Å². The van der Waals surface area contributed by atoms with E-state index in [-0.39, 0.29) is 0 Å². The smallest absolute Gasteiger partial charge is 0.331 e. The lowest BCUT2D eigenvalue weighted by atomic mass is 9.82. The zero-order valence-electron chi connectivity index (χ0n) is 10.6. The fourth-order valence-corrected chi connectivity index (χ4v) is 1.32. The Kier molecular flexibility index (Phi) is 4.13. The third-order valence-corrected chi connectivity index (χ3v) is 3.12. The molecule has 0 spiro atoms. The quantitative estimate of drug-likeness (QED) is 0.636. The molecule has 3 N–H and O–H groups in total. The number of nitrogens with two attached hydrogens (primary N) is 1. The number of anilines is 1. The summed E-state index contributed by atoms with van der Waals surface area (Å²) in [5, 5.41) is 10.5. The van der Waals surface area contributed by atoms with Crippen molar-refractivity contribution < 1.29 is 9.76 Å². The summed E-state index contributed by atoms with van der Waals surface area (Å²) >= 11 is 5.89. The van der Waals surface area contributed by atoms with E-state index in [9.17, 15) is 5.11 Å². The molecule has 0 heterocycles. The van der Waals surface area contributed by atoms with Crippen LogP contribution in [-0.2, 0) is 4.65 Å². The van der Waals surface area contributed by atoms with Crippen LogP contribution in [0.1, 0.15) is 27.7 Å². The highest BCUT2D eigenvalue weighted by molar-refractivity contribution is 6.48. The predicted octanol–water partition coefficient (Wildman–Crippen LogP) is 1.73. The summed E-state index contributed by atoms with van der Waals surface area (Å²) in [5.74, 6) is 0. The monoisotopic (exact) mass is 254 g/mol. The zero-order valence-corrected chi connectivity index (χ0v) is 11.4. The molecule has 1 aromatic carbocycles. The van der Waals surface area contributed by atoms with Crippen molar-refractivity contribution in [3.8, 4) is 0 Å². The molecule has 17 heavy (non-hydrogen) atoms. The van der Waals surface area contributed by atoms with Gasteiger partial charge in [0.1, 0.15) is 0 Å². The molecule has 0 aromatic heterocycles. The first-order valence-electron chi connectivity index (χ1n) is 5.41. The van der Waals surface area contributed by atoms with Gasteiger partial charge in [0.15, 0.2) is 0 Å². The summed E-state index contributed by atoms with van der Waals surface area (Å²) in [6, 6.07) is 5.17. The average molecular weight is 255 g/mol. The number of benzene rings is 1. The lowest BCUT2D eigenvalue weighted by Crippen LogP contribution is -2.49. The highest BCUT2D eigenvalue weighted by atomic mass is 35.5. The molecule has 1 aromatic rings. The second kappa shape index (κ2) is 4.88. The lowest BCUT2D eigenvalue weighted by Gasteiger charge is -2.37. The normalized spacial score (nSPS) is 12.6. The Labute approximate surface area is 108 Å². The van der Waals surface area contributed by atoms with Gasteiger partial charge in [0.25, 0.3) is 0 Å². The average Bonchev–Trinajstić information content (AvgIpc) is 2.11. The molecule has 0 saturated heterocycles. The fourth-order valence-electron chi connectivity index (χ4n) is 1.06. The van der Waals surface area contributed by atoms with E-state index < -0.39 is 11.2 Å². The Morgan fingerprint density at radius 2 is 1.82 bits per heavy atom. The maximum absolute atomic E-state index is 9.94. The molecule has 5 heteroatoms. The van der Waals surface area contributed by atoms with Gasteiger partial charge in [0.2, 0.25) is 0 Å². The first-order valence-corrected chi connectivity index (χ1v) is 5.79. The standard InChI is InChI=1S/C12H18BClNO2/c1-11(2,16)12(3,4)17-13-8-5-9(14)7-10(15)6-8/h5-7,16H,15H2,1-4H3. The van der Waals surface area contributed by atoms with Crippen LogP contribution in [0.5, 0.6) is 0 Å². The van der Waals surface area contributed by atoms with Gasteiger partial charge in [-0.3, -0.25) is 0 Å². The van der Waals surface area contributed by atoms with E-state index in [4.69, 9.17) is 22.0 Å². The van der Waals surface area contributed by atoms with Crippen molar-refractivity contribution in [1.82, 2.24) is 0 Å². The van der Waals surface area contributed by atoms with Crippen molar-refractivity contribution in [3.63, 3.8) is 0 Å². The number of rotatable bonds is 4. The van der Waals surface area contributed by atoms with Gasteiger partial charge in [-0.25, -0.2) is 0 Å². The number of hydrogen-bond acceptors (Lipinski definition) is 3. The van der Waals surface area contributed by atoms with Crippen LogP contribution in [0.2, 0.25) is 5.02 Å². The molecule has 0 aliphatic carbocycles. The zero-order chi connectivity index (χ0) is 13.3. The summed E-state index contributed by atoms with van der Waals surface area (Å²) in [5.41, 5.74) is 5.37. The van der Waals surface area contributed by atoms with E-state index in [1.807, 2.05) is 13.8 Å². The van der Waals surface area contributed by atoms with Crippen LogP contribution in [0, 0.1) is 0 Å². The van der Waals surface area contributed by atoms with E-state index in [2.05, 4.69) is 0 Å². The SMILES string of the molecule is CC(C)(O)C(C)(C)O[B]c1cc(N)cc(Cl)c1. The predicted molar refractivity (Wildman–Crippen MR) is 72.7 cm³/mol. The van der Waals surface area contributed by atoms with Gasteiger partial charge in [-0.2, -0.15) is 0 Å². The van der Waals surface area contributed by atoms with Gasteiger partial charge < -0.3 is 15.5 Å². The molecule has 0 saturated carbocycles. The first-order chi connectivity index (χ1) is 7.62. The van der Waals surface area contributed by atoms with Crippen molar-refractivity contribution >= 4 is 30.2 Å². The maximum Gasteiger partial charge on any atom is 0.331 e. The Bertz CT molecular complexity index is 382. The molecule has 0 aliphatic rings. The van der Waals surface area contributed by atoms with Crippen LogP contribution in [0.25, 0.3) is 0 Å². The van der Waals surface area contributed by atoms with Crippen molar-refractivity contribution in [1.29, 1.82) is 0 Å². The van der Waals surface area contributed by atoms with Crippen molar-refractivity contribution in [2.45, 2.75) is 38.9 Å². The maximum atomic E-state index is 9.94. The van der Waals surface area contributed by atoms with E-state index in [1.54, 1.807) is 39.5 Å². The summed E-state index contributed by atoms with van der Waals surface area (Å²) < 4.78 is 5.60. The number of aliphatic hydroxyl groups is 1. The Morgan fingerprint density at radius 3 is 2.29 bits per heavy atom. The van der Waals surface area contributed by atoms with E-state index in [1.165, 1.54) is 0 Å². The lowest BCUT2D eigenvalue weighted by molar-refractivity contribution is -0.0893. The third kappa shape index (κ3) is 3.91. The molecule has 0 amide bonds. The molecule has 1 radical (unpaired) electrons. The number of hydrogen-bond donors (Lipinski definition) is 2. The molecule has 0 unspecified atom stereocenters. The molecular weight excluding hydrogens is 236 g/mol. The van der Waals surface area contributed by atoms with Crippen LogP contribution in [0.4, 0.5) is 5.69 Å². The van der Waals surface area contributed by atoms with Gasteiger partial charge in [0, 0.05) is 10.7 Å². The Balaban J connectivity index is 2.74. The molecule has 0 aliphatic heterocycles. The van der Waals surface area contributed by atoms with Gasteiger partial charge in [0.05, 0.1) is 11.2 Å².